The zero-order valence-electron chi connectivity index (χ0n) is 12.6. The molecule has 0 spiro atoms. The summed E-state index contributed by atoms with van der Waals surface area (Å²) >= 11 is 1.67. The van der Waals surface area contributed by atoms with E-state index in [1.54, 1.807) is 11.8 Å². The van der Waals surface area contributed by atoms with Gasteiger partial charge in [-0.25, -0.2) is 0 Å². The van der Waals surface area contributed by atoms with E-state index in [4.69, 9.17) is 5.73 Å². The second kappa shape index (κ2) is 7.31. The minimum atomic E-state index is -0.731. The fourth-order valence-corrected chi connectivity index (χ4v) is 3.82. The van der Waals surface area contributed by atoms with Crippen LogP contribution in [0.3, 0.4) is 0 Å². The average Bonchev–Trinajstić information content (AvgIpc) is 2.65. The van der Waals surface area contributed by atoms with E-state index in [0.717, 1.165) is 12.8 Å². The van der Waals surface area contributed by atoms with Gasteiger partial charge in [-0.15, -0.1) is 11.8 Å². The van der Waals surface area contributed by atoms with E-state index in [1.807, 2.05) is 0 Å². The number of aliphatic hydroxyl groups is 1. The van der Waals surface area contributed by atoms with E-state index in [1.165, 1.54) is 4.90 Å². The van der Waals surface area contributed by atoms with Crippen LogP contribution in [0.2, 0.25) is 0 Å². The molecule has 0 aliphatic carbocycles. The van der Waals surface area contributed by atoms with Gasteiger partial charge in [0, 0.05) is 24.1 Å². The van der Waals surface area contributed by atoms with Crippen LogP contribution >= 0.6 is 11.8 Å². The Balaban J connectivity index is 2.57. The SMILES string of the molecule is CCC(C)(CC)SC1CC(O)N(CCCC(N)=O)C1=O. The van der Waals surface area contributed by atoms with Crippen molar-refractivity contribution >= 4 is 23.6 Å². The molecular weight excluding hydrogens is 276 g/mol. The van der Waals surface area contributed by atoms with Gasteiger partial charge in [-0.3, -0.25) is 9.59 Å². The molecule has 0 aromatic rings. The third kappa shape index (κ3) is 4.38. The average molecular weight is 302 g/mol. The van der Waals surface area contributed by atoms with Crippen molar-refractivity contribution in [2.75, 3.05) is 6.54 Å². The number of hydrogen-bond acceptors (Lipinski definition) is 4. The molecule has 2 amide bonds. The van der Waals surface area contributed by atoms with Crippen molar-refractivity contribution in [1.29, 1.82) is 0 Å². The lowest BCUT2D eigenvalue weighted by Crippen LogP contribution is -2.36. The summed E-state index contributed by atoms with van der Waals surface area (Å²) in [6, 6.07) is 0. The maximum atomic E-state index is 12.3. The van der Waals surface area contributed by atoms with Crippen LogP contribution in [-0.4, -0.2) is 44.6 Å². The number of hydrogen-bond donors (Lipinski definition) is 2. The Hall–Kier alpha value is -0.750. The summed E-state index contributed by atoms with van der Waals surface area (Å²) < 4.78 is 0.0727. The number of nitrogens with two attached hydrogens (primary N) is 1. The molecule has 0 radical (unpaired) electrons. The lowest BCUT2D eigenvalue weighted by Gasteiger charge is -2.28. The monoisotopic (exact) mass is 302 g/mol. The molecule has 6 heteroatoms. The molecule has 5 nitrogen and oxygen atoms in total. The van der Waals surface area contributed by atoms with Crippen LogP contribution in [0.1, 0.15) is 52.9 Å². The molecule has 2 atom stereocenters. The summed E-state index contributed by atoms with van der Waals surface area (Å²) in [6.07, 6.45) is 2.48. The summed E-state index contributed by atoms with van der Waals surface area (Å²) in [5.74, 6) is -0.387. The van der Waals surface area contributed by atoms with Crippen molar-refractivity contribution in [2.45, 2.75) is 69.1 Å². The van der Waals surface area contributed by atoms with Crippen molar-refractivity contribution in [3.8, 4) is 0 Å². The number of likely N-dealkylation sites (tertiary alicyclic amines) is 1. The van der Waals surface area contributed by atoms with Crippen LogP contribution in [0.4, 0.5) is 0 Å². The molecule has 2 unspecified atom stereocenters. The topological polar surface area (TPSA) is 83.6 Å². The molecule has 3 N–H and O–H groups in total. The van der Waals surface area contributed by atoms with Gasteiger partial charge in [0.1, 0.15) is 6.23 Å². The first-order chi connectivity index (χ1) is 9.33. The Bertz CT molecular complexity index is 358. The smallest absolute Gasteiger partial charge is 0.237 e. The molecule has 116 valence electrons. The number of carbonyl (C=O) groups is 2. The zero-order valence-corrected chi connectivity index (χ0v) is 13.4. The minimum absolute atomic E-state index is 0.0138. The maximum absolute atomic E-state index is 12.3. The minimum Gasteiger partial charge on any atom is -0.373 e. The van der Waals surface area contributed by atoms with Gasteiger partial charge in [0.05, 0.1) is 5.25 Å². The summed E-state index contributed by atoms with van der Waals surface area (Å²) in [6.45, 7) is 6.80. The van der Waals surface area contributed by atoms with Crippen molar-refractivity contribution in [3.05, 3.63) is 0 Å². The number of primary amides is 1. The molecule has 1 aliphatic heterocycles. The van der Waals surface area contributed by atoms with Crippen molar-refractivity contribution in [2.24, 2.45) is 5.73 Å². The number of rotatable bonds is 8. The van der Waals surface area contributed by atoms with Gasteiger partial charge < -0.3 is 15.7 Å². The lowest BCUT2D eigenvalue weighted by molar-refractivity contribution is -0.133. The molecule has 1 heterocycles. The Morgan fingerprint density at radius 1 is 1.50 bits per heavy atom. The Kier molecular flexibility index (Phi) is 6.33. The third-order valence-electron chi connectivity index (χ3n) is 4.09. The molecule has 0 saturated carbocycles. The number of nitrogens with zero attached hydrogens (tertiary/aromatic N) is 1. The molecule has 0 bridgehead atoms. The highest BCUT2D eigenvalue weighted by Crippen LogP contribution is 2.40. The number of amides is 2. The Morgan fingerprint density at radius 2 is 2.10 bits per heavy atom. The van der Waals surface area contributed by atoms with E-state index < -0.39 is 6.23 Å². The van der Waals surface area contributed by atoms with E-state index in [-0.39, 0.29) is 28.2 Å². The highest BCUT2D eigenvalue weighted by atomic mass is 32.2. The van der Waals surface area contributed by atoms with E-state index >= 15 is 0 Å². The van der Waals surface area contributed by atoms with Crippen molar-refractivity contribution < 1.29 is 14.7 Å². The fraction of sp³-hybridized carbons (Fsp3) is 0.857. The van der Waals surface area contributed by atoms with Gasteiger partial charge in [0.2, 0.25) is 11.8 Å². The van der Waals surface area contributed by atoms with Crippen molar-refractivity contribution in [3.63, 3.8) is 0 Å². The highest BCUT2D eigenvalue weighted by molar-refractivity contribution is 8.01. The number of carbonyl (C=O) groups excluding carboxylic acids is 2. The number of thioether (sulfide) groups is 1. The van der Waals surface area contributed by atoms with Crippen LogP contribution in [-0.2, 0) is 9.59 Å². The first kappa shape index (κ1) is 17.3. The standard InChI is InChI=1S/C14H26N2O3S/c1-4-14(3,5-2)20-10-9-12(18)16(13(10)19)8-6-7-11(15)17/h10,12,18H,4-9H2,1-3H3,(H2,15,17). The lowest BCUT2D eigenvalue weighted by atomic mass is 10.1. The van der Waals surface area contributed by atoms with Gasteiger partial charge >= 0.3 is 0 Å². The fourth-order valence-electron chi connectivity index (χ4n) is 2.29. The maximum Gasteiger partial charge on any atom is 0.237 e. The Labute approximate surface area is 125 Å². The summed E-state index contributed by atoms with van der Waals surface area (Å²) in [5.41, 5.74) is 5.08. The highest BCUT2D eigenvalue weighted by Gasteiger charge is 2.41. The van der Waals surface area contributed by atoms with E-state index in [2.05, 4.69) is 20.8 Å². The Morgan fingerprint density at radius 3 is 2.60 bits per heavy atom. The summed E-state index contributed by atoms with van der Waals surface area (Å²) in [5, 5.41) is 9.84. The van der Waals surface area contributed by atoms with Crippen LogP contribution in [0.25, 0.3) is 0 Å². The third-order valence-corrected chi connectivity index (χ3v) is 5.91. The summed E-state index contributed by atoms with van der Waals surface area (Å²) in [4.78, 5) is 24.5. The molecule has 20 heavy (non-hydrogen) atoms. The quantitative estimate of drug-likeness (QED) is 0.711. The predicted molar refractivity (Wildman–Crippen MR) is 81.1 cm³/mol. The van der Waals surface area contributed by atoms with Gasteiger partial charge in [0.15, 0.2) is 0 Å². The van der Waals surface area contributed by atoms with Gasteiger partial charge in [-0.1, -0.05) is 20.8 Å². The van der Waals surface area contributed by atoms with Gasteiger partial charge in [-0.2, -0.15) is 0 Å². The molecule has 1 saturated heterocycles. The van der Waals surface area contributed by atoms with Crippen LogP contribution in [0, 0.1) is 0 Å². The van der Waals surface area contributed by atoms with Crippen molar-refractivity contribution in [1.82, 2.24) is 4.90 Å². The zero-order chi connectivity index (χ0) is 15.3. The van der Waals surface area contributed by atoms with Gasteiger partial charge in [-0.05, 0) is 19.3 Å². The molecule has 1 fully saturated rings. The van der Waals surface area contributed by atoms with Crippen LogP contribution in [0.5, 0.6) is 0 Å². The van der Waals surface area contributed by atoms with Crippen LogP contribution < -0.4 is 5.73 Å². The first-order valence-electron chi connectivity index (χ1n) is 7.27. The molecule has 1 rings (SSSR count). The molecule has 0 aromatic heterocycles. The van der Waals surface area contributed by atoms with E-state index in [0.29, 0.717) is 19.4 Å². The molecule has 0 aromatic carbocycles. The first-order valence-corrected chi connectivity index (χ1v) is 8.15. The van der Waals surface area contributed by atoms with Gasteiger partial charge in [0.25, 0.3) is 0 Å². The normalized spacial score (nSPS) is 23.4. The molecular formula is C14H26N2O3S. The van der Waals surface area contributed by atoms with E-state index in [9.17, 15) is 14.7 Å². The second-order valence-corrected chi connectivity index (χ2v) is 7.37. The largest absolute Gasteiger partial charge is 0.373 e. The molecule has 1 aliphatic rings. The second-order valence-electron chi connectivity index (χ2n) is 5.58. The number of aliphatic hydroxyl groups excluding tert-OH is 1. The summed E-state index contributed by atoms with van der Waals surface area (Å²) in [7, 11) is 0. The predicted octanol–water partition coefficient (Wildman–Crippen LogP) is 1.48. The van der Waals surface area contributed by atoms with Crippen LogP contribution in [0.15, 0.2) is 0 Å².